The normalized spacial score (nSPS) is 10.2. The number of carboxylic acids is 1. The molecule has 5 nitrogen and oxygen atoms in total. The second-order valence-electron chi connectivity index (χ2n) is 3.84. The third kappa shape index (κ3) is 2.10. The van der Waals surface area contributed by atoms with E-state index in [-0.39, 0.29) is 11.3 Å². The summed E-state index contributed by atoms with van der Waals surface area (Å²) in [6.45, 7) is 0. The predicted octanol–water partition coefficient (Wildman–Crippen LogP) is 2.12. The zero-order chi connectivity index (χ0) is 14.0. The van der Waals surface area contributed by atoms with Gasteiger partial charge in [-0.15, -0.1) is 0 Å². The first-order valence-corrected chi connectivity index (χ1v) is 5.51. The van der Waals surface area contributed by atoms with Gasteiger partial charge >= 0.3 is 5.97 Å². The number of hydrogen-bond donors (Lipinski definition) is 1. The molecule has 0 aliphatic heterocycles. The number of benzene rings is 2. The summed E-state index contributed by atoms with van der Waals surface area (Å²) >= 11 is 0. The number of rotatable bonds is 4. The summed E-state index contributed by atoms with van der Waals surface area (Å²) < 4.78 is 10.4. The molecule has 0 bridgehead atoms. The number of Topliss-reactive ketones (excluding diaryl/α,β-unsaturated/α-hetero) is 1. The van der Waals surface area contributed by atoms with Crippen LogP contribution in [0.3, 0.4) is 0 Å². The van der Waals surface area contributed by atoms with E-state index in [0.29, 0.717) is 11.1 Å². The SMILES string of the molecule is COc1cc(C(=O)C(=O)O)c(OC)c2ccccc12. The van der Waals surface area contributed by atoms with Crippen LogP contribution in [0.2, 0.25) is 0 Å². The van der Waals surface area contributed by atoms with Gasteiger partial charge in [0.05, 0.1) is 19.8 Å². The van der Waals surface area contributed by atoms with E-state index in [0.717, 1.165) is 5.39 Å². The first-order chi connectivity index (χ1) is 9.10. The summed E-state index contributed by atoms with van der Waals surface area (Å²) in [5.74, 6) is -1.89. The van der Waals surface area contributed by atoms with Crippen LogP contribution in [0.15, 0.2) is 30.3 Å². The van der Waals surface area contributed by atoms with Crippen LogP contribution in [0.1, 0.15) is 10.4 Å². The highest BCUT2D eigenvalue weighted by Gasteiger charge is 2.23. The van der Waals surface area contributed by atoms with E-state index in [9.17, 15) is 9.59 Å². The average molecular weight is 260 g/mol. The smallest absolute Gasteiger partial charge is 0.377 e. The average Bonchev–Trinajstić information content (AvgIpc) is 2.44. The summed E-state index contributed by atoms with van der Waals surface area (Å²) in [4.78, 5) is 22.6. The van der Waals surface area contributed by atoms with E-state index in [2.05, 4.69) is 0 Å². The molecule has 0 aromatic heterocycles. The molecule has 2 rings (SSSR count). The molecular weight excluding hydrogens is 248 g/mol. The minimum atomic E-state index is -1.53. The van der Waals surface area contributed by atoms with Gasteiger partial charge in [-0.1, -0.05) is 24.3 Å². The molecule has 1 N–H and O–H groups in total. The zero-order valence-electron chi connectivity index (χ0n) is 10.5. The zero-order valence-corrected chi connectivity index (χ0v) is 10.5. The van der Waals surface area contributed by atoms with E-state index in [1.807, 2.05) is 12.1 Å². The lowest BCUT2D eigenvalue weighted by atomic mass is 10.0. The first kappa shape index (κ1) is 12.9. The Bertz CT molecular complexity index is 660. The van der Waals surface area contributed by atoms with Gasteiger partial charge in [-0.2, -0.15) is 0 Å². The van der Waals surface area contributed by atoms with E-state index in [1.165, 1.54) is 20.3 Å². The molecule has 5 heteroatoms. The van der Waals surface area contributed by atoms with Crippen molar-refractivity contribution in [3.63, 3.8) is 0 Å². The van der Waals surface area contributed by atoms with Crippen molar-refractivity contribution in [3.8, 4) is 11.5 Å². The van der Waals surface area contributed by atoms with Crippen LogP contribution < -0.4 is 9.47 Å². The molecule has 0 spiro atoms. The van der Waals surface area contributed by atoms with Crippen molar-refractivity contribution < 1.29 is 24.2 Å². The summed E-state index contributed by atoms with van der Waals surface area (Å²) in [5.41, 5.74) is -0.0226. The molecule has 0 saturated heterocycles. The highest BCUT2D eigenvalue weighted by molar-refractivity contribution is 6.41. The molecule has 0 amide bonds. The van der Waals surface area contributed by atoms with Crippen LogP contribution in [-0.4, -0.2) is 31.1 Å². The Morgan fingerprint density at radius 3 is 2.21 bits per heavy atom. The number of aliphatic carboxylic acids is 1. The maximum absolute atomic E-state index is 11.7. The number of carbonyl (C=O) groups excluding carboxylic acids is 1. The number of methoxy groups -OCH3 is 2. The molecular formula is C14H12O5. The highest BCUT2D eigenvalue weighted by Crippen LogP contribution is 2.36. The Morgan fingerprint density at radius 2 is 1.68 bits per heavy atom. The molecule has 0 fully saturated rings. The molecule has 0 unspecified atom stereocenters. The lowest BCUT2D eigenvalue weighted by molar-refractivity contribution is -0.131. The van der Waals surface area contributed by atoms with Crippen LogP contribution in [0.25, 0.3) is 10.8 Å². The van der Waals surface area contributed by atoms with Gasteiger partial charge in [0, 0.05) is 10.8 Å². The second kappa shape index (κ2) is 4.97. The molecule has 0 atom stereocenters. The van der Waals surface area contributed by atoms with Crippen molar-refractivity contribution in [1.29, 1.82) is 0 Å². The lowest BCUT2D eigenvalue weighted by Crippen LogP contribution is -2.14. The largest absolute Gasteiger partial charge is 0.496 e. The van der Waals surface area contributed by atoms with Gasteiger partial charge in [-0.05, 0) is 6.07 Å². The molecule has 0 aliphatic rings. The Labute approximate surface area is 109 Å². The lowest BCUT2D eigenvalue weighted by Gasteiger charge is -2.13. The Balaban J connectivity index is 2.84. The van der Waals surface area contributed by atoms with Gasteiger partial charge in [-0.25, -0.2) is 4.79 Å². The van der Waals surface area contributed by atoms with Gasteiger partial charge in [0.1, 0.15) is 11.5 Å². The second-order valence-corrected chi connectivity index (χ2v) is 3.84. The summed E-state index contributed by atoms with van der Waals surface area (Å²) in [5, 5.41) is 10.2. The fourth-order valence-corrected chi connectivity index (χ4v) is 1.99. The molecule has 0 saturated carbocycles. The number of ketones is 1. The maximum atomic E-state index is 11.7. The molecule has 98 valence electrons. The number of fused-ring (bicyclic) bond motifs is 1. The van der Waals surface area contributed by atoms with Gasteiger partial charge in [0.25, 0.3) is 5.78 Å². The van der Waals surface area contributed by atoms with Crippen LogP contribution in [0.4, 0.5) is 0 Å². The van der Waals surface area contributed by atoms with Crippen molar-refractivity contribution in [2.24, 2.45) is 0 Å². The molecule has 0 radical (unpaired) electrons. The van der Waals surface area contributed by atoms with E-state index >= 15 is 0 Å². The summed E-state index contributed by atoms with van der Waals surface area (Å²) in [6, 6.07) is 8.54. The minimum Gasteiger partial charge on any atom is -0.496 e. The predicted molar refractivity (Wildman–Crippen MR) is 69.0 cm³/mol. The third-order valence-corrected chi connectivity index (χ3v) is 2.82. The molecule has 2 aromatic carbocycles. The maximum Gasteiger partial charge on any atom is 0.377 e. The van der Waals surface area contributed by atoms with Crippen molar-refractivity contribution in [2.75, 3.05) is 14.2 Å². The van der Waals surface area contributed by atoms with E-state index in [1.54, 1.807) is 12.1 Å². The number of carboxylic acid groups (broad SMARTS) is 1. The number of ether oxygens (including phenoxy) is 2. The molecule has 2 aromatic rings. The van der Waals surface area contributed by atoms with Crippen molar-refractivity contribution in [2.45, 2.75) is 0 Å². The fraction of sp³-hybridized carbons (Fsp3) is 0.143. The van der Waals surface area contributed by atoms with E-state index < -0.39 is 11.8 Å². The first-order valence-electron chi connectivity index (χ1n) is 5.51. The van der Waals surface area contributed by atoms with Gasteiger partial charge in [0.15, 0.2) is 0 Å². The van der Waals surface area contributed by atoms with Gasteiger partial charge in [0.2, 0.25) is 0 Å². The molecule has 0 aliphatic carbocycles. The number of carbonyl (C=O) groups is 2. The van der Waals surface area contributed by atoms with Crippen molar-refractivity contribution in [1.82, 2.24) is 0 Å². The Kier molecular flexibility index (Phi) is 3.37. The topological polar surface area (TPSA) is 72.8 Å². The molecule has 0 heterocycles. The standard InChI is InChI=1S/C14H12O5/c1-18-11-7-10(12(15)14(16)17)13(19-2)9-6-4-3-5-8(9)11/h3-7H,1-2H3,(H,16,17). The Hall–Kier alpha value is -2.56. The quantitative estimate of drug-likeness (QED) is 0.673. The van der Waals surface area contributed by atoms with Crippen molar-refractivity contribution >= 4 is 22.5 Å². The van der Waals surface area contributed by atoms with Crippen LogP contribution in [0, 0.1) is 0 Å². The Morgan fingerprint density at radius 1 is 1.05 bits per heavy atom. The van der Waals surface area contributed by atoms with E-state index in [4.69, 9.17) is 14.6 Å². The van der Waals surface area contributed by atoms with Gasteiger partial charge in [-0.3, -0.25) is 4.79 Å². The third-order valence-electron chi connectivity index (χ3n) is 2.82. The summed E-state index contributed by atoms with van der Waals surface area (Å²) in [6.07, 6.45) is 0. The minimum absolute atomic E-state index is 0.0226. The monoisotopic (exact) mass is 260 g/mol. The van der Waals surface area contributed by atoms with Crippen LogP contribution in [-0.2, 0) is 4.79 Å². The van der Waals surface area contributed by atoms with Gasteiger partial charge < -0.3 is 14.6 Å². The fourth-order valence-electron chi connectivity index (χ4n) is 1.99. The number of hydrogen-bond acceptors (Lipinski definition) is 4. The van der Waals surface area contributed by atoms with Crippen molar-refractivity contribution in [3.05, 3.63) is 35.9 Å². The van der Waals surface area contributed by atoms with Crippen LogP contribution in [0.5, 0.6) is 11.5 Å². The molecule has 19 heavy (non-hydrogen) atoms. The highest BCUT2D eigenvalue weighted by atomic mass is 16.5. The summed E-state index contributed by atoms with van der Waals surface area (Å²) in [7, 11) is 2.86. The van der Waals surface area contributed by atoms with Crippen LogP contribution >= 0.6 is 0 Å².